The number of hydrogen-bond acceptors (Lipinski definition) is 9. The monoisotopic (exact) mass is 578 g/mol. The number of nitrogens with zero attached hydrogens (tertiary/aromatic N) is 2. The van der Waals surface area contributed by atoms with Crippen molar-refractivity contribution in [3.8, 4) is 5.75 Å². The van der Waals surface area contributed by atoms with E-state index in [0.717, 1.165) is 12.1 Å². The Morgan fingerprint density at radius 3 is 2.44 bits per heavy atom. The molecule has 0 aliphatic rings. The summed E-state index contributed by atoms with van der Waals surface area (Å²) in [4.78, 5) is 45.7. The Hall–Kier alpha value is -4.48. The molecule has 1 atom stereocenters. The number of anilines is 1. The third-order valence-corrected chi connectivity index (χ3v) is 6.21. The van der Waals surface area contributed by atoms with Gasteiger partial charge in [-0.2, -0.15) is 13.2 Å². The van der Waals surface area contributed by atoms with Gasteiger partial charge in [0.2, 0.25) is 11.9 Å². The highest BCUT2D eigenvalue weighted by Gasteiger charge is 2.43. The van der Waals surface area contributed by atoms with Gasteiger partial charge in [0.1, 0.15) is 22.9 Å². The minimum absolute atomic E-state index is 0.0809. The second kappa shape index (κ2) is 12.4. The van der Waals surface area contributed by atoms with Crippen LogP contribution >= 0.6 is 0 Å². The molecule has 1 heterocycles. The van der Waals surface area contributed by atoms with Crippen molar-refractivity contribution >= 4 is 33.5 Å². The number of halogens is 3. The number of sulfonamides is 1. The van der Waals surface area contributed by atoms with Crippen LogP contribution < -0.4 is 36.6 Å². The standard InChI is InChI=1S/C21H25F3N6O8S/c1-11-4-7-15(36-3)16(10-11)39(34,35)29-13-5-6-14(30(18(13)32)38-19(33)21(22,23)24)12(2)17(31)27-8-9-37-28-20(25)26/h4-7,10,12,29H,8-9H2,1-3H3,(H,27,31)(H4,25,26,28). The van der Waals surface area contributed by atoms with Crippen LogP contribution in [-0.4, -0.2) is 57.4 Å². The topological polar surface area (TPSA) is 206 Å². The van der Waals surface area contributed by atoms with Crippen LogP contribution in [0.1, 0.15) is 24.1 Å². The molecule has 6 N–H and O–H groups in total. The number of carbonyl (C=O) groups is 2. The summed E-state index contributed by atoms with van der Waals surface area (Å²) in [6.07, 6.45) is -5.52. The number of nitrogens with two attached hydrogens (primary N) is 2. The molecule has 0 fully saturated rings. The maximum absolute atomic E-state index is 13.0. The minimum atomic E-state index is -5.52. The summed E-state index contributed by atoms with van der Waals surface area (Å²) in [5.41, 5.74) is 7.88. The third kappa shape index (κ3) is 8.00. The fourth-order valence-electron chi connectivity index (χ4n) is 2.98. The van der Waals surface area contributed by atoms with E-state index >= 15 is 0 Å². The molecular weight excluding hydrogens is 553 g/mol. The lowest BCUT2D eigenvalue weighted by molar-refractivity contribution is -0.200. The van der Waals surface area contributed by atoms with E-state index in [0.29, 0.717) is 5.56 Å². The van der Waals surface area contributed by atoms with Crippen molar-refractivity contribution in [3.63, 3.8) is 0 Å². The number of nitrogens with one attached hydrogen (secondary N) is 2. The van der Waals surface area contributed by atoms with Crippen molar-refractivity contribution in [2.45, 2.75) is 30.8 Å². The van der Waals surface area contributed by atoms with Crippen LogP contribution in [-0.2, 0) is 24.4 Å². The van der Waals surface area contributed by atoms with Gasteiger partial charge < -0.3 is 31.2 Å². The van der Waals surface area contributed by atoms with Crippen LogP contribution in [0.15, 0.2) is 45.2 Å². The zero-order valence-corrected chi connectivity index (χ0v) is 21.6. The van der Waals surface area contributed by atoms with Crippen molar-refractivity contribution in [1.82, 2.24) is 10.0 Å². The summed E-state index contributed by atoms with van der Waals surface area (Å²) < 4.78 is 71.6. The van der Waals surface area contributed by atoms with Crippen molar-refractivity contribution in [3.05, 3.63) is 51.9 Å². The molecule has 1 unspecified atom stereocenters. The predicted octanol–water partition coefficient (Wildman–Crippen LogP) is -0.0917. The van der Waals surface area contributed by atoms with Gasteiger partial charge in [0, 0.05) is 0 Å². The van der Waals surface area contributed by atoms with Gasteiger partial charge in [0.05, 0.1) is 25.3 Å². The first-order valence-electron chi connectivity index (χ1n) is 10.8. The van der Waals surface area contributed by atoms with Crippen molar-refractivity contribution in [2.75, 3.05) is 25.0 Å². The third-order valence-electron chi connectivity index (χ3n) is 4.83. The molecule has 0 saturated heterocycles. The van der Waals surface area contributed by atoms with Gasteiger partial charge in [0.25, 0.3) is 10.0 Å². The molecule has 0 spiro atoms. The molecule has 214 valence electrons. The molecule has 0 bridgehead atoms. The Balaban J connectivity index is 2.46. The minimum Gasteiger partial charge on any atom is -0.495 e. The Labute approximate surface area is 219 Å². The first-order valence-corrected chi connectivity index (χ1v) is 12.3. The van der Waals surface area contributed by atoms with Crippen molar-refractivity contribution in [2.24, 2.45) is 16.6 Å². The predicted molar refractivity (Wildman–Crippen MR) is 130 cm³/mol. The molecule has 0 radical (unpaired) electrons. The molecule has 0 aliphatic heterocycles. The average molecular weight is 579 g/mol. The summed E-state index contributed by atoms with van der Waals surface area (Å²) in [6, 6.07) is 6.01. The van der Waals surface area contributed by atoms with E-state index in [9.17, 15) is 36.0 Å². The number of amides is 1. The van der Waals surface area contributed by atoms with Gasteiger partial charge in [0.15, 0.2) is 0 Å². The first kappa shape index (κ1) is 30.7. The second-order valence-electron chi connectivity index (χ2n) is 7.77. The number of aromatic nitrogens is 1. The van der Waals surface area contributed by atoms with E-state index < -0.39 is 50.9 Å². The average Bonchev–Trinajstić information content (AvgIpc) is 2.84. The van der Waals surface area contributed by atoms with E-state index in [1.807, 2.05) is 4.72 Å². The SMILES string of the molecule is COc1ccc(C)cc1S(=O)(=O)Nc1ccc(C(C)C(=O)NCCON=C(N)N)n(OC(=O)C(F)(F)F)c1=O. The van der Waals surface area contributed by atoms with E-state index in [1.54, 1.807) is 13.0 Å². The second-order valence-corrected chi connectivity index (χ2v) is 9.42. The fourth-order valence-corrected chi connectivity index (χ4v) is 4.29. The zero-order valence-electron chi connectivity index (χ0n) is 20.7. The lowest BCUT2D eigenvalue weighted by Crippen LogP contribution is -2.42. The lowest BCUT2D eigenvalue weighted by Gasteiger charge is -2.19. The van der Waals surface area contributed by atoms with Crippen LogP contribution in [0.3, 0.4) is 0 Å². The molecule has 39 heavy (non-hydrogen) atoms. The number of guanidine groups is 1. The molecule has 0 saturated carbocycles. The van der Waals surface area contributed by atoms with E-state index in [1.165, 1.54) is 26.2 Å². The molecule has 1 aromatic carbocycles. The maximum Gasteiger partial charge on any atom is 0.493 e. The summed E-state index contributed by atoms with van der Waals surface area (Å²) in [7, 11) is -3.31. The van der Waals surface area contributed by atoms with Gasteiger partial charge in [-0.1, -0.05) is 6.07 Å². The number of aryl methyl sites for hydroxylation is 1. The quantitative estimate of drug-likeness (QED) is 0.121. The van der Waals surface area contributed by atoms with E-state index in [4.69, 9.17) is 16.2 Å². The molecular formula is C21H25F3N6O8S. The summed E-state index contributed by atoms with van der Waals surface area (Å²) in [5.74, 6) is -5.43. The number of carbonyl (C=O) groups excluding carboxylic acids is 2. The number of ether oxygens (including phenoxy) is 1. The molecule has 14 nitrogen and oxygen atoms in total. The highest BCUT2D eigenvalue weighted by atomic mass is 32.2. The Kier molecular flexibility index (Phi) is 9.76. The number of pyridine rings is 1. The molecule has 1 aromatic heterocycles. The molecule has 0 aliphatic carbocycles. The maximum atomic E-state index is 13.0. The number of oxime groups is 1. The summed E-state index contributed by atoms with van der Waals surface area (Å²) in [6.45, 7) is 2.45. The highest BCUT2D eigenvalue weighted by molar-refractivity contribution is 7.92. The summed E-state index contributed by atoms with van der Waals surface area (Å²) in [5, 5.41) is 5.59. The molecule has 1 amide bonds. The van der Waals surface area contributed by atoms with Crippen LogP contribution in [0, 0.1) is 6.92 Å². The zero-order chi connectivity index (χ0) is 29.5. The molecule has 18 heteroatoms. The van der Waals surface area contributed by atoms with Gasteiger partial charge in [-0.25, -0.2) is 13.2 Å². The van der Waals surface area contributed by atoms with Gasteiger partial charge in [-0.05, 0) is 48.8 Å². The lowest BCUT2D eigenvalue weighted by atomic mass is 10.1. The van der Waals surface area contributed by atoms with E-state index in [-0.39, 0.29) is 34.5 Å². The highest BCUT2D eigenvalue weighted by Crippen LogP contribution is 2.27. The Morgan fingerprint density at radius 1 is 1.18 bits per heavy atom. The Bertz CT molecular complexity index is 1420. The van der Waals surface area contributed by atoms with Crippen molar-refractivity contribution < 1.29 is 45.6 Å². The van der Waals surface area contributed by atoms with E-state index in [2.05, 4.69) is 20.1 Å². The number of methoxy groups -OCH3 is 1. The first-order chi connectivity index (χ1) is 18.1. The van der Waals surface area contributed by atoms with Crippen LogP contribution in [0.2, 0.25) is 0 Å². The van der Waals surface area contributed by atoms with Gasteiger partial charge in [-0.3, -0.25) is 14.3 Å². The molecule has 2 aromatic rings. The fraction of sp³-hybridized carbons (Fsp3) is 0.333. The molecule has 2 rings (SSSR count). The van der Waals surface area contributed by atoms with Crippen LogP contribution in [0.5, 0.6) is 5.75 Å². The Morgan fingerprint density at radius 2 is 1.85 bits per heavy atom. The van der Waals surface area contributed by atoms with Crippen molar-refractivity contribution in [1.29, 1.82) is 0 Å². The van der Waals surface area contributed by atoms with Gasteiger partial charge >= 0.3 is 17.7 Å². The number of rotatable bonds is 11. The van der Waals surface area contributed by atoms with Crippen LogP contribution in [0.4, 0.5) is 18.9 Å². The smallest absolute Gasteiger partial charge is 0.493 e. The number of hydrogen-bond donors (Lipinski definition) is 4. The van der Waals surface area contributed by atoms with Crippen LogP contribution in [0.25, 0.3) is 0 Å². The normalized spacial score (nSPS) is 12.2. The number of alkyl halides is 3. The largest absolute Gasteiger partial charge is 0.495 e. The summed E-state index contributed by atoms with van der Waals surface area (Å²) >= 11 is 0. The number of benzene rings is 1. The van der Waals surface area contributed by atoms with Gasteiger partial charge in [-0.15, -0.1) is 4.73 Å².